The molecule has 0 saturated heterocycles. The van der Waals surface area contributed by atoms with Crippen LogP contribution in [0.1, 0.15) is 5.56 Å². The molecular formula is C11H8N2OS. The summed E-state index contributed by atoms with van der Waals surface area (Å²) in [5, 5.41) is 4.83. The lowest BCUT2D eigenvalue weighted by atomic mass is 10.1. The molecule has 1 aliphatic heterocycles. The van der Waals surface area contributed by atoms with Gasteiger partial charge in [-0.3, -0.25) is 4.79 Å². The molecule has 0 aliphatic carbocycles. The fourth-order valence-corrected chi connectivity index (χ4v) is 2.29. The van der Waals surface area contributed by atoms with Crippen LogP contribution in [0.15, 0.2) is 29.1 Å². The van der Waals surface area contributed by atoms with E-state index >= 15 is 0 Å². The van der Waals surface area contributed by atoms with E-state index in [1.54, 1.807) is 16.8 Å². The molecule has 0 radical (unpaired) electrons. The van der Waals surface area contributed by atoms with Crippen LogP contribution in [-0.2, 0) is 11.2 Å². The van der Waals surface area contributed by atoms with E-state index in [0.717, 1.165) is 22.5 Å². The summed E-state index contributed by atoms with van der Waals surface area (Å²) in [6, 6.07) is 5.98. The zero-order chi connectivity index (χ0) is 10.3. The van der Waals surface area contributed by atoms with E-state index in [2.05, 4.69) is 10.3 Å². The zero-order valence-corrected chi connectivity index (χ0v) is 8.67. The van der Waals surface area contributed by atoms with Gasteiger partial charge in [-0.15, -0.1) is 11.3 Å². The van der Waals surface area contributed by atoms with Crippen molar-refractivity contribution in [3.63, 3.8) is 0 Å². The summed E-state index contributed by atoms with van der Waals surface area (Å²) in [4.78, 5) is 15.4. The number of carbonyl (C=O) groups excluding carboxylic acids is 1. The van der Waals surface area contributed by atoms with E-state index in [1.807, 2.05) is 23.6 Å². The number of rotatable bonds is 1. The number of anilines is 1. The van der Waals surface area contributed by atoms with Gasteiger partial charge in [-0.05, 0) is 11.6 Å². The summed E-state index contributed by atoms with van der Waals surface area (Å²) in [7, 11) is 0. The molecule has 1 N–H and O–H groups in total. The highest BCUT2D eigenvalue weighted by Gasteiger charge is 2.17. The SMILES string of the molecule is O=C1Cc2ccc(-c3cscn3)cc2N1. The summed E-state index contributed by atoms with van der Waals surface area (Å²) in [6.45, 7) is 0. The molecule has 1 aromatic carbocycles. The lowest BCUT2D eigenvalue weighted by molar-refractivity contribution is -0.115. The van der Waals surface area contributed by atoms with Crippen LogP contribution >= 0.6 is 11.3 Å². The van der Waals surface area contributed by atoms with Crippen molar-refractivity contribution in [2.75, 3.05) is 5.32 Å². The lowest BCUT2D eigenvalue weighted by Crippen LogP contribution is -2.03. The first kappa shape index (κ1) is 8.61. The number of thiazole rings is 1. The Balaban J connectivity index is 2.07. The van der Waals surface area contributed by atoms with E-state index in [1.165, 1.54) is 0 Å². The summed E-state index contributed by atoms with van der Waals surface area (Å²) in [5.41, 5.74) is 5.81. The maximum atomic E-state index is 11.2. The van der Waals surface area contributed by atoms with Crippen LogP contribution < -0.4 is 5.32 Å². The number of aromatic nitrogens is 1. The van der Waals surface area contributed by atoms with Crippen LogP contribution in [-0.4, -0.2) is 10.9 Å². The molecule has 0 fully saturated rings. The molecule has 0 spiro atoms. The van der Waals surface area contributed by atoms with Crippen molar-refractivity contribution in [2.45, 2.75) is 6.42 Å². The van der Waals surface area contributed by atoms with E-state index < -0.39 is 0 Å². The van der Waals surface area contributed by atoms with Gasteiger partial charge in [-0.25, -0.2) is 4.98 Å². The van der Waals surface area contributed by atoms with Gasteiger partial charge in [-0.1, -0.05) is 12.1 Å². The van der Waals surface area contributed by atoms with Crippen molar-refractivity contribution in [2.24, 2.45) is 0 Å². The van der Waals surface area contributed by atoms with Gasteiger partial charge < -0.3 is 5.32 Å². The monoisotopic (exact) mass is 216 g/mol. The minimum atomic E-state index is 0.0698. The van der Waals surface area contributed by atoms with Crippen molar-refractivity contribution >= 4 is 22.9 Å². The van der Waals surface area contributed by atoms with Gasteiger partial charge in [0.15, 0.2) is 0 Å². The number of fused-ring (bicyclic) bond motifs is 1. The highest BCUT2D eigenvalue weighted by molar-refractivity contribution is 7.07. The van der Waals surface area contributed by atoms with Gasteiger partial charge >= 0.3 is 0 Å². The second kappa shape index (κ2) is 3.17. The van der Waals surface area contributed by atoms with Crippen molar-refractivity contribution in [3.05, 3.63) is 34.7 Å². The van der Waals surface area contributed by atoms with Crippen molar-refractivity contribution < 1.29 is 4.79 Å². The third kappa shape index (κ3) is 1.43. The van der Waals surface area contributed by atoms with Gasteiger partial charge in [0.1, 0.15) is 0 Å². The maximum absolute atomic E-state index is 11.2. The minimum Gasteiger partial charge on any atom is -0.326 e. The first-order chi connectivity index (χ1) is 7.33. The standard InChI is InChI=1S/C11H8N2OS/c14-11-4-8-2-1-7(3-9(8)13-11)10-5-15-6-12-10/h1-3,5-6H,4H2,(H,13,14). The van der Waals surface area contributed by atoms with E-state index in [9.17, 15) is 4.79 Å². The number of hydrogen-bond donors (Lipinski definition) is 1. The summed E-state index contributed by atoms with van der Waals surface area (Å²) in [6.07, 6.45) is 0.493. The van der Waals surface area contributed by atoms with Crippen LogP contribution in [0.3, 0.4) is 0 Å². The molecule has 2 aromatic rings. The van der Waals surface area contributed by atoms with Crippen molar-refractivity contribution in [1.82, 2.24) is 4.98 Å². The molecule has 0 unspecified atom stereocenters. The smallest absolute Gasteiger partial charge is 0.228 e. The Morgan fingerprint density at radius 2 is 2.33 bits per heavy atom. The quantitative estimate of drug-likeness (QED) is 0.794. The first-order valence-electron chi connectivity index (χ1n) is 4.64. The largest absolute Gasteiger partial charge is 0.326 e. The Labute approximate surface area is 90.8 Å². The molecule has 3 rings (SSSR count). The molecular weight excluding hydrogens is 208 g/mol. The molecule has 1 aliphatic rings. The molecule has 74 valence electrons. The molecule has 0 saturated carbocycles. The first-order valence-corrected chi connectivity index (χ1v) is 5.58. The van der Waals surface area contributed by atoms with Gasteiger partial charge in [0.2, 0.25) is 5.91 Å². The Morgan fingerprint density at radius 3 is 3.13 bits per heavy atom. The summed E-state index contributed by atoms with van der Waals surface area (Å²) >= 11 is 1.57. The van der Waals surface area contributed by atoms with Crippen molar-refractivity contribution in [3.8, 4) is 11.3 Å². The Hall–Kier alpha value is -1.68. The normalized spacial score (nSPS) is 13.7. The third-order valence-corrected chi connectivity index (χ3v) is 3.05. The Bertz CT molecular complexity index is 519. The van der Waals surface area contributed by atoms with E-state index in [0.29, 0.717) is 6.42 Å². The summed E-state index contributed by atoms with van der Waals surface area (Å²) in [5.74, 6) is 0.0698. The maximum Gasteiger partial charge on any atom is 0.228 e. The zero-order valence-electron chi connectivity index (χ0n) is 7.86. The van der Waals surface area contributed by atoms with E-state index in [-0.39, 0.29) is 5.91 Å². The van der Waals surface area contributed by atoms with Crippen LogP contribution in [0.2, 0.25) is 0 Å². The Kier molecular flexibility index (Phi) is 1.82. The van der Waals surface area contributed by atoms with Crippen LogP contribution in [0.4, 0.5) is 5.69 Å². The number of amides is 1. The molecule has 3 nitrogen and oxygen atoms in total. The fraction of sp³-hybridized carbons (Fsp3) is 0.0909. The predicted octanol–water partition coefficient (Wildman–Crippen LogP) is 2.30. The van der Waals surface area contributed by atoms with Gasteiger partial charge in [0, 0.05) is 16.6 Å². The topological polar surface area (TPSA) is 42.0 Å². The van der Waals surface area contributed by atoms with Gasteiger partial charge in [0.25, 0.3) is 0 Å². The summed E-state index contributed by atoms with van der Waals surface area (Å²) < 4.78 is 0. The Morgan fingerprint density at radius 1 is 1.40 bits per heavy atom. The number of nitrogens with zero attached hydrogens (tertiary/aromatic N) is 1. The van der Waals surface area contributed by atoms with Crippen molar-refractivity contribution in [1.29, 1.82) is 0 Å². The second-order valence-electron chi connectivity index (χ2n) is 3.47. The van der Waals surface area contributed by atoms with E-state index in [4.69, 9.17) is 0 Å². The predicted molar refractivity (Wildman–Crippen MR) is 59.9 cm³/mol. The number of carbonyl (C=O) groups is 1. The molecule has 1 aromatic heterocycles. The third-order valence-electron chi connectivity index (χ3n) is 2.46. The highest BCUT2D eigenvalue weighted by Crippen LogP contribution is 2.28. The van der Waals surface area contributed by atoms with Gasteiger partial charge in [-0.2, -0.15) is 0 Å². The molecule has 4 heteroatoms. The minimum absolute atomic E-state index is 0.0698. The number of nitrogens with one attached hydrogen (secondary N) is 1. The highest BCUT2D eigenvalue weighted by atomic mass is 32.1. The second-order valence-corrected chi connectivity index (χ2v) is 4.19. The van der Waals surface area contributed by atoms with Crippen LogP contribution in [0.25, 0.3) is 11.3 Å². The van der Waals surface area contributed by atoms with Crippen LogP contribution in [0.5, 0.6) is 0 Å². The average molecular weight is 216 g/mol. The molecule has 2 heterocycles. The molecule has 15 heavy (non-hydrogen) atoms. The number of hydrogen-bond acceptors (Lipinski definition) is 3. The average Bonchev–Trinajstić information content (AvgIpc) is 2.82. The molecule has 0 bridgehead atoms. The fourth-order valence-electron chi connectivity index (χ4n) is 1.73. The molecule has 1 amide bonds. The number of benzene rings is 1. The van der Waals surface area contributed by atoms with Crippen LogP contribution in [0, 0.1) is 0 Å². The lowest BCUT2D eigenvalue weighted by Gasteiger charge is -2.01. The molecule has 0 atom stereocenters. The van der Waals surface area contributed by atoms with Gasteiger partial charge in [0.05, 0.1) is 17.6 Å².